The van der Waals surface area contributed by atoms with Crippen LogP contribution in [0.15, 0.2) is 24.3 Å². The number of rotatable bonds is 2. The lowest BCUT2D eigenvalue weighted by Gasteiger charge is -2.19. The average molecular weight is 253 g/mol. The van der Waals surface area contributed by atoms with E-state index in [1.54, 1.807) is 0 Å². The third-order valence-electron chi connectivity index (χ3n) is 2.80. The van der Waals surface area contributed by atoms with Crippen molar-refractivity contribution < 1.29 is 9.53 Å². The van der Waals surface area contributed by atoms with Gasteiger partial charge in [0.05, 0.1) is 5.92 Å². The van der Waals surface area contributed by atoms with Gasteiger partial charge in [-0.1, -0.05) is 23.7 Å². The molecule has 0 aliphatic heterocycles. The summed E-state index contributed by atoms with van der Waals surface area (Å²) < 4.78 is 5.37. The summed E-state index contributed by atoms with van der Waals surface area (Å²) >= 11 is 5.83. The molecule has 1 aliphatic rings. The molecule has 0 heterocycles. The van der Waals surface area contributed by atoms with Crippen LogP contribution in [0.2, 0.25) is 5.02 Å². The molecule has 1 aliphatic carbocycles. The monoisotopic (exact) mass is 252 g/mol. The van der Waals surface area contributed by atoms with Gasteiger partial charge in [-0.05, 0) is 50.8 Å². The van der Waals surface area contributed by atoms with Crippen molar-refractivity contribution in [3.63, 3.8) is 0 Å². The molecule has 0 aromatic heterocycles. The van der Waals surface area contributed by atoms with Crippen LogP contribution in [-0.2, 0) is 9.53 Å². The predicted octanol–water partition coefficient (Wildman–Crippen LogP) is 3.79. The third-order valence-corrected chi connectivity index (χ3v) is 3.05. The topological polar surface area (TPSA) is 26.3 Å². The van der Waals surface area contributed by atoms with Crippen LogP contribution in [-0.4, -0.2) is 11.6 Å². The van der Waals surface area contributed by atoms with Gasteiger partial charge in [0.25, 0.3) is 0 Å². The molecular formula is C14H17ClO2. The number of benzene rings is 1. The van der Waals surface area contributed by atoms with Gasteiger partial charge in [0, 0.05) is 5.02 Å². The molecule has 3 heteroatoms. The van der Waals surface area contributed by atoms with Crippen LogP contribution in [0, 0.1) is 5.92 Å². The Kier molecular flexibility index (Phi) is 3.17. The molecule has 2 nitrogen and oxygen atoms in total. The van der Waals surface area contributed by atoms with E-state index in [2.05, 4.69) is 0 Å². The third kappa shape index (κ3) is 3.22. The van der Waals surface area contributed by atoms with E-state index in [9.17, 15) is 4.79 Å². The van der Waals surface area contributed by atoms with Crippen molar-refractivity contribution in [1.29, 1.82) is 0 Å². The molecule has 2 atom stereocenters. The van der Waals surface area contributed by atoms with Gasteiger partial charge >= 0.3 is 5.97 Å². The fourth-order valence-corrected chi connectivity index (χ4v) is 2.04. The van der Waals surface area contributed by atoms with E-state index in [1.165, 1.54) is 5.56 Å². The number of halogens is 1. The normalized spacial score (nSPS) is 23.3. The van der Waals surface area contributed by atoms with E-state index in [1.807, 2.05) is 45.0 Å². The second-order valence-corrected chi connectivity index (χ2v) is 5.97. The fraction of sp³-hybridized carbons (Fsp3) is 0.500. The lowest BCUT2D eigenvalue weighted by molar-refractivity contribution is -0.156. The standard InChI is InChI=1S/C14H17ClO2/c1-14(2,3)17-13(16)12-8-11(12)9-4-6-10(15)7-5-9/h4-7,11-12H,8H2,1-3H3/t11-,12-/m1/s1. The minimum Gasteiger partial charge on any atom is -0.460 e. The van der Waals surface area contributed by atoms with E-state index in [0.29, 0.717) is 5.92 Å². The Morgan fingerprint density at radius 1 is 1.29 bits per heavy atom. The number of ether oxygens (including phenoxy) is 1. The minimum atomic E-state index is -0.399. The van der Waals surface area contributed by atoms with E-state index in [-0.39, 0.29) is 11.9 Å². The Balaban J connectivity index is 1.96. The first-order valence-electron chi connectivity index (χ1n) is 5.85. The van der Waals surface area contributed by atoms with Gasteiger partial charge in [0.15, 0.2) is 0 Å². The van der Waals surface area contributed by atoms with Gasteiger partial charge in [0.1, 0.15) is 5.60 Å². The van der Waals surface area contributed by atoms with Crippen LogP contribution in [0.5, 0.6) is 0 Å². The molecule has 17 heavy (non-hydrogen) atoms. The van der Waals surface area contributed by atoms with Crippen LogP contribution >= 0.6 is 11.6 Å². The highest BCUT2D eigenvalue weighted by Gasteiger charge is 2.46. The number of hydrogen-bond donors (Lipinski definition) is 0. The van der Waals surface area contributed by atoms with Crippen molar-refractivity contribution in [2.45, 2.75) is 38.7 Å². The van der Waals surface area contributed by atoms with Crippen molar-refractivity contribution in [2.75, 3.05) is 0 Å². The molecule has 0 radical (unpaired) electrons. The number of esters is 1. The van der Waals surface area contributed by atoms with E-state index >= 15 is 0 Å². The molecule has 0 amide bonds. The molecule has 0 bridgehead atoms. The molecular weight excluding hydrogens is 236 g/mol. The zero-order valence-corrected chi connectivity index (χ0v) is 11.1. The highest BCUT2D eigenvalue weighted by molar-refractivity contribution is 6.30. The Hall–Kier alpha value is -1.02. The van der Waals surface area contributed by atoms with Crippen molar-refractivity contribution >= 4 is 17.6 Å². The van der Waals surface area contributed by atoms with E-state index in [0.717, 1.165) is 11.4 Å². The van der Waals surface area contributed by atoms with Crippen molar-refractivity contribution in [1.82, 2.24) is 0 Å². The molecule has 1 fully saturated rings. The van der Waals surface area contributed by atoms with Gasteiger partial charge in [-0.3, -0.25) is 4.79 Å². The Morgan fingerprint density at radius 3 is 2.41 bits per heavy atom. The summed E-state index contributed by atoms with van der Waals surface area (Å²) in [6, 6.07) is 7.69. The zero-order valence-electron chi connectivity index (χ0n) is 10.4. The van der Waals surface area contributed by atoms with Gasteiger partial charge in [-0.15, -0.1) is 0 Å². The SMILES string of the molecule is CC(C)(C)OC(=O)[C@@H]1C[C@@H]1c1ccc(Cl)cc1. The Labute approximate surface area is 107 Å². The predicted molar refractivity (Wildman–Crippen MR) is 68.1 cm³/mol. The van der Waals surface area contributed by atoms with E-state index < -0.39 is 5.60 Å². The summed E-state index contributed by atoms with van der Waals surface area (Å²) in [4.78, 5) is 11.8. The maximum atomic E-state index is 11.8. The quantitative estimate of drug-likeness (QED) is 0.749. The first kappa shape index (κ1) is 12.4. The fourth-order valence-electron chi connectivity index (χ4n) is 1.91. The second-order valence-electron chi connectivity index (χ2n) is 5.53. The summed E-state index contributed by atoms with van der Waals surface area (Å²) in [7, 11) is 0. The highest BCUT2D eigenvalue weighted by atomic mass is 35.5. The minimum absolute atomic E-state index is 0.0235. The molecule has 2 rings (SSSR count). The maximum Gasteiger partial charge on any atom is 0.310 e. The Bertz CT molecular complexity index is 417. The summed E-state index contributed by atoms with van der Waals surface area (Å²) in [5.74, 6) is 0.245. The highest BCUT2D eigenvalue weighted by Crippen LogP contribution is 2.48. The Morgan fingerprint density at radius 2 is 1.88 bits per heavy atom. The van der Waals surface area contributed by atoms with Crippen LogP contribution in [0.25, 0.3) is 0 Å². The molecule has 0 saturated heterocycles. The van der Waals surface area contributed by atoms with Crippen LogP contribution in [0.3, 0.4) is 0 Å². The van der Waals surface area contributed by atoms with Crippen LogP contribution < -0.4 is 0 Å². The van der Waals surface area contributed by atoms with Gasteiger partial charge in [-0.25, -0.2) is 0 Å². The largest absolute Gasteiger partial charge is 0.460 e. The maximum absolute atomic E-state index is 11.8. The second kappa shape index (κ2) is 4.34. The van der Waals surface area contributed by atoms with Crippen molar-refractivity contribution in [2.24, 2.45) is 5.92 Å². The summed E-state index contributed by atoms with van der Waals surface area (Å²) in [5, 5.41) is 0.725. The number of carbonyl (C=O) groups excluding carboxylic acids is 1. The van der Waals surface area contributed by atoms with E-state index in [4.69, 9.17) is 16.3 Å². The molecule has 0 N–H and O–H groups in total. The van der Waals surface area contributed by atoms with Crippen molar-refractivity contribution in [3.8, 4) is 0 Å². The van der Waals surface area contributed by atoms with Gasteiger partial charge in [0.2, 0.25) is 0 Å². The number of hydrogen-bond acceptors (Lipinski definition) is 2. The average Bonchev–Trinajstić information content (AvgIpc) is 2.96. The number of carbonyl (C=O) groups is 1. The smallest absolute Gasteiger partial charge is 0.310 e. The summed E-state index contributed by atoms with van der Waals surface area (Å²) in [6.45, 7) is 5.68. The first-order chi connectivity index (χ1) is 7.87. The van der Waals surface area contributed by atoms with Crippen LogP contribution in [0.1, 0.15) is 38.7 Å². The zero-order chi connectivity index (χ0) is 12.6. The lowest BCUT2D eigenvalue weighted by atomic mass is 10.1. The van der Waals surface area contributed by atoms with Gasteiger partial charge < -0.3 is 4.74 Å². The van der Waals surface area contributed by atoms with Gasteiger partial charge in [-0.2, -0.15) is 0 Å². The lowest BCUT2D eigenvalue weighted by Crippen LogP contribution is -2.25. The van der Waals surface area contributed by atoms with Crippen LogP contribution in [0.4, 0.5) is 0 Å². The molecule has 1 saturated carbocycles. The molecule has 0 unspecified atom stereocenters. The first-order valence-corrected chi connectivity index (χ1v) is 6.23. The molecule has 0 spiro atoms. The summed E-state index contributed by atoms with van der Waals surface area (Å²) in [6.07, 6.45) is 0.885. The molecule has 1 aromatic rings. The van der Waals surface area contributed by atoms with Crippen molar-refractivity contribution in [3.05, 3.63) is 34.9 Å². The molecule has 92 valence electrons. The summed E-state index contributed by atoms with van der Waals surface area (Å²) in [5.41, 5.74) is 0.773. The molecule has 1 aromatic carbocycles.